The number of sulfonamides is 1. The molecule has 1 atom stereocenters. The van der Waals surface area contributed by atoms with Crippen LogP contribution in [0, 0.1) is 6.92 Å². The summed E-state index contributed by atoms with van der Waals surface area (Å²) in [7, 11) is -3.52. The fraction of sp³-hybridized carbons (Fsp3) is 0.611. The van der Waals surface area contributed by atoms with Gasteiger partial charge in [-0.25, -0.2) is 8.42 Å². The summed E-state index contributed by atoms with van der Waals surface area (Å²) in [6.07, 6.45) is 5.05. The lowest BCUT2D eigenvalue weighted by Gasteiger charge is -2.26. The standard InChI is InChI=1S/C18H27N3O3S/c1-14-7-8-16(25(23,24)21-10-3-2-4-11-21)12-17(14)18(22)20-13-15-6-5-9-19-15/h7-8,12,15,19H,2-6,9-11,13H2,1H3,(H,20,22). The molecule has 2 aliphatic heterocycles. The molecular weight excluding hydrogens is 338 g/mol. The van der Waals surface area contributed by atoms with E-state index in [0.29, 0.717) is 31.2 Å². The molecule has 2 fully saturated rings. The van der Waals surface area contributed by atoms with Crippen molar-refractivity contribution in [1.82, 2.24) is 14.9 Å². The van der Waals surface area contributed by atoms with Crippen LogP contribution in [0.1, 0.15) is 48.0 Å². The van der Waals surface area contributed by atoms with Crippen LogP contribution in [0.3, 0.4) is 0 Å². The van der Waals surface area contributed by atoms with Gasteiger partial charge in [0.25, 0.3) is 5.91 Å². The molecule has 2 aliphatic rings. The topological polar surface area (TPSA) is 78.5 Å². The molecule has 2 saturated heterocycles. The van der Waals surface area contributed by atoms with Crippen LogP contribution < -0.4 is 10.6 Å². The molecule has 0 saturated carbocycles. The second-order valence-electron chi connectivity index (χ2n) is 6.94. The van der Waals surface area contributed by atoms with E-state index in [-0.39, 0.29) is 10.8 Å². The minimum atomic E-state index is -3.52. The minimum Gasteiger partial charge on any atom is -0.350 e. The molecule has 3 rings (SSSR count). The summed E-state index contributed by atoms with van der Waals surface area (Å²) in [5.41, 5.74) is 1.23. The van der Waals surface area contributed by atoms with E-state index in [2.05, 4.69) is 10.6 Å². The Labute approximate surface area is 150 Å². The smallest absolute Gasteiger partial charge is 0.251 e. The molecule has 0 spiro atoms. The van der Waals surface area contributed by atoms with Gasteiger partial charge in [-0.05, 0) is 56.8 Å². The summed E-state index contributed by atoms with van der Waals surface area (Å²) >= 11 is 0. The molecule has 138 valence electrons. The fourth-order valence-corrected chi connectivity index (χ4v) is 5.05. The monoisotopic (exact) mass is 365 g/mol. The van der Waals surface area contributed by atoms with Crippen LogP contribution in [0.15, 0.2) is 23.1 Å². The zero-order valence-electron chi connectivity index (χ0n) is 14.8. The van der Waals surface area contributed by atoms with Crippen LogP contribution in [-0.4, -0.2) is 50.9 Å². The van der Waals surface area contributed by atoms with Crippen LogP contribution in [0.25, 0.3) is 0 Å². The Morgan fingerprint density at radius 2 is 2.00 bits per heavy atom. The Bertz CT molecular complexity index is 721. The predicted octanol–water partition coefficient (Wildman–Crippen LogP) is 1.65. The highest BCUT2D eigenvalue weighted by atomic mass is 32.2. The Balaban J connectivity index is 1.76. The first-order valence-electron chi connectivity index (χ1n) is 9.11. The van der Waals surface area contributed by atoms with Gasteiger partial charge in [0, 0.05) is 31.2 Å². The van der Waals surface area contributed by atoms with Gasteiger partial charge in [-0.1, -0.05) is 12.5 Å². The van der Waals surface area contributed by atoms with Crippen molar-refractivity contribution in [3.05, 3.63) is 29.3 Å². The normalized spacial score (nSPS) is 22.0. The number of carbonyl (C=O) groups excluding carboxylic acids is 1. The lowest BCUT2D eigenvalue weighted by molar-refractivity contribution is 0.0949. The average molecular weight is 365 g/mol. The molecule has 2 N–H and O–H groups in total. The van der Waals surface area contributed by atoms with Gasteiger partial charge in [-0.15, -0.1) is 0 Å². The average Bonchev–Trinajstić information content (AvgIpc) is 3.14. The first kappa shape index (κ1) is 18.4. The summed E-state index contributed by atoms with van der Waals surface area (Å²) in [4.78, 5) is 12.7. The Kier molecular flexibility index (Phi) is 5.76. The highest BCUT2D eigenvalue weighted by molar-refractivity contribution is 7.89. The predicted molar refractivity (Wildman–Crippen MR) is 97.1 cm³/mol. The molecule has 0 aliphatic carbocycles. The van der Waals surface area contributed by atoms with E-state index in [4.69, 9.17) is 0 Å². The minimum absolute atomic E-state index is 0.207. The zero-order valence-corrected chi connectivity index (χ0v) is 15.6. The third-order valence-corrected chi connectivity index (χ3v) is 6.97. The van der Waals surface area contributed by atoms with Crippen LogP contribution in [0.4, 0.5) is 0 Å². The first-order valence-corrected chi connectivity index (χ1v) is 10.5. The van der Waals surface area contributed by atoms with Gasteiger partial charge in [0.2, 0.25) is 10.0 Å². The van der Waals surface area contributed by atoms with E-state index >= 15 is 0 Å². The largest absolute Gasteiger partial charge is 0.350 e. The van der Waals surface area contributed by atoms with Gasteiger partial charge in [0.1, 0.15) is 0 Å². The SMILES string of the molecule is Cc1ccc(S(=O)(=O)N2CCCCC2)cc1C(=O)NCC1CCCN1. The summed E-state index contributed by atoms with van der Waals surface area (Å²) in [5, 5.41) is 6.27. The van der Waals surface area contributed by atoms with E-state index in [1.807, 2.05) is 6.92 Å². The number of rotatable bonds is 5. The van der Waals surface area contributed by atoms with Crippen molar-refractivity contribution in [1.29, 1.82) is 0 Å². The van der Waals surface area contributed by atoms with Crippen molar-refractivity contribution >= 4 is 15.9 Å². The molecule has 1 unspecified atom stereocenters. The first-order chi connectivity index (χ1) is 12.0. The molecule has 25 heavy (non-hydrogen) atoms. The van der Waals surface area contributed by atoms with Gasteiger partial charge in [-0.3, -0.25) is 4.79 Å². The van der Waals surface area contributed by atoms with E-state index < -0.39 is 10.0 Å². The molecule has 1 amide bonds. The van der Waals surface area contributed by atoms with Gasteiger partial charge in [0.15, 0.2) is 0 Å². The van der Waals surface area contributed by atoms with Crippen molar-refractivity contribution < 1.29 is 13.2 Å². The number of hydrogen-bond acceptors (Lipinski definition) is 4. The molecule has 2 heterocycles. The molecule has 1 aromatic carbocycles. The second-order valence-corrected chi connectivity index (χ2v) is 8.88. The number of aryl methyl sites for hydroxylation is 1. The quantitative estimate of drug-likeness (QED) is 0.832. The van der Waals surface area contributed by atoms with Crippen molar-refractivity contribution in [2.24, 2.45) is 0 Å². The third kappa shape index (κ3) is 4.22. The van der Waals surface area contributed by atoms with E-state index in [1.165, 1.54) is 10.4 Å². The van der Waals surface area contributed by atoms with Crippen LogP contribution in [-0.2, 0) is 10.0 Å². The van der Waals surface area contributed by atoms with Gasteiger partial charge < -0.3 is 10.6 Å². The van der Waals surface area contributed by atoms with Gasteiger partial charge >= 0.3 is 0 Å². The zero-order chi connectivity index (χ0) is 17.9. The second kappa shape index (κ2) is 7.85. The lowest BCUT2D eigenvalue weighted by atomic mass is 10.1. The maximum Gasteiger partial charge on any atom is 0.251 e. The highest BCUT2D eigenvalue weighted by Crippen LogP contribution is 2.23. The van der Waals surface area contributed by atoms with Crippen molar-refractivity contribution in [3.63, 3.8) is 0 Å². The molecule has 0 bridgehead atoms. The van der Waals surface area contributed by atoms with Crippen molar-refractivity contribution in [3.8, 4) is 0 Å². The molecule has 1 aromatic rings. The van der Waals surface area contributed by atoms with E-state index in [0.717, 1.165) is 44.2 Å². The number of piperidine rings is 1. The molecular formula is C18H27N3O3S. The van der Waals surface area contributed by atoms with Crippen LogP contribution >= 0.6 is 0 Å². The molecule has 0 aromatic heterocycles. The maximum atomic E-state index is 12.8. The molecule has 0 radical (unpaired) electrons. The van der Waals surface area contributed by atoms with Crippen molar-refractivity contribution in [2.75, 3.05) is 26.2 Å². The van der Waals surface area contributed by atoms with Crippen LogP contribution in [0.2, 0.25) is 0 Å². The number of benzene rings is 1. The third-order valence-electron chi connectivity index (χ3n) is 5.08. The highest BCUT2D eigenvalue weighted by Gasteiger charge is 2.27. The summed E-state index contributed by atoms with van der Waals surface area (Å²) in [6, 6.07) is 5.16. The Morgan fingerprint density at radius 1 is 1.24 bits per heavy atom. The van der Waals surface area contributed by atoms with E-state index in [9.17, 15) is 13.2 Å². The fourth-order valence-electron chi connectivity index (χ4n) is 3.50. The number of amides is 1. The summed E-state index contributed by atoms with van der Waals surface area (Å²) in [6.45, 7) is 4.51. The van der Waals surface area contributed by atoms with E-state index in [1.54, 1.807) is 12.1 Å². The summed E-state index contributed by atoms with van der Waals surface area (Å²) < 4.78 is 27.2. The van der Waals surface area contributed by atoms with Gasteiger partial charge in [-0.2, -0.15) is 4.31 Å². The van der Waals surface area contributed by atoms with Crippen LogP contribution in [0.5, 0.6) is 0 Å². The molecule has 7 heteroatoms. The lowest BCUT2D eigenvalue weighted by Crippen LogP contribution is -2.38. The number of carbonyl (C=O) groups is 1. The number of nitrogens with zero attached hydrogens (tertiary/aromatic N) is 1. The molecule has 6 nitrogen and oxygen atoms in total. The number of nitrogens with one attached hydrogen (secondary N) is 2. The maximum absolute atomic E-state index is 12.8. The summed E-state index contributed by atoms with van der Waals surface area (Å²) in [5.74, 6) is -0.207. The number of hydrogen-bond donors (Lipinski definition) is 2. The van der Waals surface area contributed by atoms with Gasteiger partial charge in [0.05, 0.1) is 4.90 Å². The Morgan fingerprint density at radius 3 is 2.68 bits per heavy atom. The Hall–Kier alpha value is -1.44. The van der Waals surface area contributed by atoms with Crippen molar-refractivity contribution in [2.45, 2.75) is 50.0 Å².